The van der Waals surface area contributed by atoms with E-state index >= 15 is 0 Å². The molecule has 0 aromatic heterocycles. The van der Waals surface area contributed by atoms with Crippen molar-refractivity contribution in [3.8, 4) is 5.75 Å². The van der Waals surface area contributed by atoms with Gasteiger partial charge in [0.1, 0.15) is 5.75 Å². The maximum Gasteiger partial charge on any atom is 0.115 e. The van der Waals surface area contributed by atoms with Crippen LogP contribution in [0.2, 0.25) is 0 Å². The Morgan fingerprint density at radius 1 is 1.25 bits per heavy atom. The molecule has 1 aromatic rings. The number of hydrogen-bond donors (Lipinski definition) is 1. The number of ether oxygens (including phenoxy) is 1. The van der Waals surface area contributed by atoms with Crippen LogP contribution in [0.25, 0.3) is 0 Å². The van der Waals surface area contributed by atoms with E-state index in [-0.39, 0.29) is 5.41 Å². The summed E-state index contributed by atoms with van der Waals surface area (Å²) in [4.78, 5) is 2.55. The molecule has 1 aliphatic carbocycles. The number of rotatable bonds is 5. The Hall–Kier alpha value is -1.06. The average molecular weight is 331 g/mol. The minimum Gasteiger partial charge on any atom is -0.508 e. The lowest BCUT2D eigenvalue weighted by molar-refractivity contribution is 0.00525. The molecule has 0 amide bonds. The molecule has 1 saturated carbocycles. The lowest BCUT2D eigenvalue weighted by Crippen LogP contribution is -2.48. The summed E-state index contributed by atoms with van der Waals surface area (Å²) in [5.74, 6) is 0.951. The highest BCUT2D eigenvalue weighted by molar-refractivity contribution is 5.33. The SMILES string of the molecule is C[C@H]1CN(CCOC2CCCCC2)CC[C@]1(C)c1cccc(O)c1. The molecule has 1 aliphatic heterocycles. The van der Waals surface area contributed by atoms with Gasteiger partial charge in [0.05, 0.1) is 12.7 Å². The number of likely N-dealkylation sites (tertiary alicyclic amines) is 1. The van der Waals surface area contributed by atoms with Crippen molar-refractivity contribution >= 4 is 0 Å². The van der Waals surface area contributed by atoms with Crippen LogP contribution in [0.15, 0.2) is 24.3 Å². The lowest BCUT2D eigenvalue weighted by atomic mass is 9.68. The van der Waals surface area contributed by atoms with Crippen LogP contribution in [-0.4, -0.2) is 42.4 Å². The third-order valence-electron chi connectivity index (χ3n) is 6.39. The summed E-state index contributed by atoms with van der Waals surface area (Å²) in [6.45, 7) is 8.85. The van der Waals surface area contributed by atoms with Gasteiger partial charge in [0.2, 0.25) is 0 Å². The molecular formula is C21H33NO2. The van der Waals surface area contributed by atoms with Crippen molar-refractivity contribution in [2.75, 3.05) is 26.2 Å². The molecule has 1 N–H and O–H groups in total. The molecule has 134 valence electrons. The number of hydrogen-bond acceptors (Lipinski definition) is 3. The van der Waals surface area contributed by atoms with E-state index < -0.39 is 0 Å². The topological polar surface area (TPSA) is 32.7 Å². The van der Waals surface area contributed by atoms with Crippen molar-refractivity contribution in [2.45, 2.75) is 63.9 Å². The van der Waals surface area contributed by atoms with Crippen molar-refractivity contribution in [1.29, 1.82) is 0 Å². The van der Waals surface area contributed by atoms with Crippen molar-refractivity contribution in [3.05, 3.63) is 29.8 Å². The standard InChI is InChI=1S/C21H33NO2/c1-17-16-22(13-14-24-20-9-4-3-5-10-20)12-11-21(17,2)18-7-6-8-19(23)15-18/h6-8,15,17,20,23H,3-5,9-14,16H2,1-2H3/t17-,21-/m0/s1. The summed E-state index contributed by atoms with van der Waals surface area (Å²) in [5.41, 5.74) is 1.42. The van der Waals surface area contributed by atoms with E-state index in [0.717, 1.165) is 32.7 Å². The minimum atomic E-state index is 0.152. The van der Waals surface area contributed by atoms with E-state index in [1.54, 1.807) is 6.07 Å². The molecule has 2 aliphatic rings. The fourth-order valence-electron chi connectivity index (χ4n) is 4.39. The molecule has 0 bridgehead atoms. The molecule has 3 rings (SSSR count). The monoisotopic (exact) mass is 331 g/mol. The molecule has 0 radical (unpaired) electrons. The highest BCUT2D eigenvalue weighted by Crippen LogP contribution is 2.40. The van der Waals surface area contributed by atoms with Gasteiger partial charge in [-0.05, 0) is 54.8 Å². The number of phenols is 1. The molecule has 1 heterocycles. The van der Waals surface area contributed by atoms with Gasteiger partial charge < -0.3 is 14.7 Å². The first-order valence-corrected chi connectivity index (χ1v) is 9.71. The van der Waals surface area contributed by atoms with E-state index in [4.69, 9.17) is 4.74 Å². The maximum absolute atomic E-state index is 9.81. The number of piperidine rings is 1. The van der Waals surface area contributed by atoms with E-state index in [1.165, 1.54) is 37.7 Å². The first-order chi connectivity index (χ1) is 11.6. The maximum atomic E-state index is 9.81. The normalized spacial score (nSPS) is 29.7. The minimum absolute atomic E-state index is 0.152. The highest BCUT2D eigenvalue weighted by atomic mass is 16.5. The zero-order valence-corrected chi connectivity index (χ0v) is 15.3. The van der Waals surface area contributed by atoms with Crippen LogP contribution < -0.4 is 0 Å². The average Bonchev–Trinajstić information content (AvgIpc) is 2.59. The van der Waals surface area contributed by atoms with E-state index in [2.05, 4.69) is 24.8 Å². The molecule has 0 unspecified atom stereocenters. The van der Waals surface area contributed by atoms with Crippen LogP contribution in [0.3, 0.4) is 0 Å². The van der Waals surface area contributed by atoms with Gasteiger partial charge in [-0.25, -0.2) is 0 Å². The molecule has 1 aromatic carbocycles. The predicted molar refractivity (Wildman–Crippen MR) is 98.5 cm³/mol. The van der Waals surface area contributed by atoms with E-state index in [9.17, 15) is 5.11 Å². The van der Waals surface area contributed by atoms with Crippen molar-refractivity contribution in [1.82, 2.24) is 4.90 Å². The fraction of sp³-hybridized carbons (Fsp3) is 0.714. The van der Waals surface area contributed by atoms with Crippen molar-refractivity contribution < 1.29 is 9.84 Å². The Kier molecular flexibility index (Phi) is 5.83. The second-order valence-electron chi connectivity index (χ2n) is 8.05. The smallest absolute Gasteiger partial charge is 0.115 e. The lowest BCUT2D eigenvalue weighted by Gasteiger charge is -2.45. The molecular weight excluding hydrogens is 298 g/mol. The molecule has 3 heteroatoms. The second kappa shape index (κ2) is 7.88. The van der Waals surface area contributed by atoms with Crippen LogP contribution >= 0.6 is 0 Å². The largest absolute Gasteiger partial charge is 0.508 e. The van der Waals surface area contributed by atoms with Gasteiger partial charge in [0, 0.05) is 13.1 Å². The molecule has 2 atom stereocenters. The third kappa shape index (κ3) is 4.12. The Balaban J connectivity index is 1.49. The van der Waals surface area contributed by atoms with Gasteiger partial charge in [0.25, 0.3) is 0 Å². The van der Waals surface area contributed by atoms with Crippen molar-refractivity contribution in [3.63, 3.8) is 0 Å². The van der Waals surface area contributed by atoms with Crippen LogP contribution in [-0.2, 0) is 10.2 Å². The summed E-state index contributed by atoms with van der Waals surface area (Å²) in [5, 5.41) is 9.81. The number of phenolic OH excluding ortho intramolecular Hbond substituents is 1. The fourth-order valence-corrected chi connectivity index (χ4v) is 4.39. The first-order valence-electron chi connectivity index (χ1n) is 9.71. The summed E-state index contributed by atoms with van der Waals surface area (Å²) in [6, 6.07) is 7.83. The van der Waals surface area contributed by atoms with Gasteiger partial charge in [-0.15, -0.1) is 0 Å². The zero-order chi connectivity index (χ0) is 17.0. The number of nitrogens with zero attached hydrogens (tertiary/aromatic N) is 1. The summed E-state index contributed by atoms with van der Waals surface area (Å²) in [7, 11) is 0. The number of aromatic hydroxyl groups is 1. The van der Waals surface area contributed by atoms with Crippen LogP contribution in [0.4, 0.5) is 0 Å². The van der Waals surface area contributed by atoms with Crippen LogP contribution in [0, 0.1) is 5.92 Å². The van der Waals surface area contributed by atoms with Crippen LogP contribution in [0.5, 0.6) is 5.75 Å². The van der Waals surface area contributed by atoms with Gasteiger partial charge >= 0.3 is 0 Å². The summed E-state index contributed by atoms with van der Waals surface area (Å²) in [6.07, 6.45) is 8.23. The third-order valence-corrected chi connectivity index (χ3v) is 6.39. The van der Waals surface area contributed by atoms with E-state index in [1.807, 2.05) is 12.1 Å². The second-order valence-corrected chi connectivity index (χ2v) is 8.05. The van der Waals surface area contributed by atoms with Gasteiger partial charge in [0.15, 0.2) is 0 Å². The number of benzene rings is 1. The molecule has 2 fully saturated rings. The molecule has 1 saturated heterocycles. The molecule has 0 spiro atoms. The summed E-state index contributed by atoms with van der Waals surface area (Å²) >= 11 is 0. The van der Waals surface area contributed by atoms with Gasteiger partial charge in [-0.2, -0.15) is 0 Å². The Morgan fingerprint density at radius 2 is 2.04 bits per heavy atom. The zero-order valence-electron chi connectivity index (χ0n) is 15.3. The summed E-state index contributed by atoms with van der Waals surface area (Å²) < 4.78 is 6.10. The Labute approximate surface area is 147 Å². The highest BCUT2D eigenvalue weighted by Gasteiger charge is 2.37. The van der Waals surface area contributed by atoms with Crippen LogP contribution in [0.1, 0.15) is 57.9 Å². The predicted octanol–water partition coefficient (Wildman–Crippen LogP) is 4.34. The van der Waals surface area contributed by atoms with Gasteiger partial charge in [-0.3, -0.25) is 0 Å². The van der Waals surface area contributed by atoms with Crippen molar-refractivity contribution in [2.24, 2.45) is 5.92 Å². The Morgan fingerprint density at radius 3 is 2.75 bits per heavy atom. The van der Waals surface area contributed by atoms with Gasteiger partial charge in [-0.1, -0.05) is 45.2 Å². The van der Waals surface area contributed by atoms with E-state index in [0.29, 0.717) is 17.8 Å². The quantitative estimate of drug-likeness (QED) is 0.871. The molecule has 3 nitrogen and oxygen atoms in total. The first kappa shape index (κ1) is 17.8. The Bertz CT molecular complexity index is 526. The molecule has 24 heavy (non-hydrogen) atoms.